The van der Waals surface area contributed by atoms with Gasteiger partial charge in [0.2, 0.25) is 0 Å². The van der Waals surface area contributed by atoms with Crippen LogP contribution in [0.25, 0.3) is 0 Å². The molecule has 74 valence electrons. The van der Waals surface area contributed by atoms with Crippen LogP contribution >= 0.6 is 0 Å². The second-order valence-electron chi connectivity index (χ2n) is 3.38. The molecule has 0 bridgehead atoms. The summed E-state index contributed by atoms with van der Waals surface area (Å²) in [6, 6.07) is 0. The van der Waals surface area contributed by atoms with Crippen molar-refractivity contribution in [3.63, 3.8) is 0 Å². The number of nitrogens with zero attached hydrogens (tertiary/aromatic N) is 2. The summed E-state index contributed by atoms with van der Waals surface area (Å²) in [5.74, 6) is 2.88. The van der Waals surface area contributed by atoms with Crippen LogP contribution in [0.2, 0.25) is 0 Å². The minimum atomic E-state index is -3.19. The van der Waals surface area contributed by atoms with Crippen LogP contribution in [-0.4, -0.2) is 44.2 Å². The van der Waals surface area contributed by atoms with Gasteiger partial charge in [-0.2, -0.15) is 17.0 Å². The average Bonchev–Trinajstić information content (AvgIpc) is 1.95. The zero-order valence-electron chi connectivity index (χ0n) is 7.90. The third-order valence-corrected chi connectivity index (χ3v) is 3.99. The molecule has 0 radical (unpaired) electrons. The van der Waals surface area contributed by atoms with E-state index in [4.69, 9.17) is 6.42 Å². The maximum atomic E-state index is 11.5. The number of rotatable bonds is 3. The molecular formula is C8H14N2O2S. The second-order valence-corrected chi connectivity index (χ2v) is 5.52. The fraction of sp³-hybridized carbons (Fsp3) is 0.750. The Labute approximate surface area is 79.7 Å². The summed E-state index contributed by atoms with van der Waals surface area (Å²) < 4.78 is 25.6. The van der Waals surface area contributed by atoms with Crippen molar-refractivity contribution in [2.45, 2.75) is 6.42 Å². The van der Waals surface area contributed by atoms with Gasteiger partial charge in [0.05, 0.1) is 0 Å². The highest BCUT2D eigenvalue weighted by Gasteiger charge is 2.36. The summed E-state index contributed by atoms with van der Waals surface area (Å²) in [5, 5.41) is 0. The van der Waals surface area contributed by atoms with Gasteiger partial charge in [-0.1, -0.05) is 0 Å². The van der Waals surface area contributed by atoms with E-state index in [0.29, 0.717) is 25.4 Å². The monoisotopic (exact) mass is 202 g/mol. The number of terminal acetylenes is 1. The van der Waals surface area contributed by atoms with E-state index in [1.54, 1.807) is 0 Å². The fourth-order valence-corrected chi connectivity index (χ4v) is 2.50. The van der Waals surface area contributed by atoms with Crippen molar-refractivity contribution >= 4 is 10.2 Å². The number of hydrogen-bond donors (Lipinski definition) is 0. The molecule has 13 heavy (non-hydrogen) atoms. The topological polar surface area (TPSA) is 40.6 Å². The van der Waals surface area contributed by atoms with E-state index in [9.17, 15) is 8.42 Å². The molecule has 1 aliphatic rings. The Bertz CT molecular complexity index is 310. The summed E-state index contributed by atoms with van der Waals surface area (Å²) in [6.45, 7) is 1.12. The van der Waals surface area contributed by atoms with Gasteiger partial charge in [0.15, 0.2) is 0 Å². The highest BCUT2D eigenvalue weighted by Crippen LogP contribution is 2.22. The van der Waals surface area contributed by atoms with E-state index in [-0.39, 0.29) is 0 Å². The van der Waals surface area contributed by atoms with Crippen molar-refractivity contribution < 1.29 is 8.42 Å². The van der Waals surface area contributed by atoms with Crippen molar-refractivity contribution in [2.24, 2.45) is 5.92 Å². The molecule has 0 saturated carbocycles. The predicted molar refractivity (Wildman–Crippen MR) is 51.1 cm³/mol. The van der Waals surface area contributed by atoms with Gasteiger partial charge in [0.1, 0.15) is 0 Å². The van der Waals surface area contributed by atoms with E-state index in [2.05, 4.69) is 5.92 Å². The second kappa shape index (κ2) is 3.66. The lowest BCUT2D eigenvalue weighted by Crippen LogP contribution is -2.53. The molecule has 0 unspecified atom stereocenters. The van der Waals surface area contributed by atoms with Gasteiger partial charge in [0, 0.05) is 33.6 Å². The number of hydrogen-bond acceptors (Lipinski definition) is 2. The van der Waals surface area contributed by atoms with Crippen LogP contribution < -0.4 is 0 Å². The summed E-state index contributed by atoms with van der Waals surface area (Å²) in [7, 11) is -0.130. The molecule has 0 aromatic heterocycles. The largest absolute Gasteiger partial charge is 0.281 e. The van der Waals surface area contributed by atoms with Crippen molar-refractivity contribution in [3.8, 4) is 12.3 Å². The van der Waals surface area contributed by atoms with Gasteiger partial charge in [-0.15, -0.1) is 12.3 Å². The summed E-state index contributed by atoms with van der Waals surface area (Å²) in [6.07, 6.45) is 5.79. The first kappa shape index (κ1) is 10.5. The van der Waals surface area contributed by atoms with Crippen LogP contribution in [0, 0.1) is 18.3 Å². The zero-order valence-corrected chi connectivity index (χ0v) is 8.71. The summed E-state index contributed by atoms with van der Waals surface area (Å²) >= 11 is 0. The third kappa shape index (κ3) is 2.02. The average molecular weight is 202 g/mol. The highest BCUT2D eigenvalue weighted by molar-refractivity contribution is 7.86. The Morgan fingerprint density at radius 2 is 2.08 bits per heavy atom. The van der Waals surface area contributed by atoms with Crippen molar-refractivity contribution in [3.05, 3.63) is 0 Å². The van der Waals surface area contributed by atoms with Gasteiger partial charge in [-0.05, 0) is 5.92 Å². The minimum absolute atomic E-state index is 0.347. The van der Waals surface area contributed by atoms with E-state index < -0.39 is 10.2 Å². The van der Waals surface area contributed by atoms with Crippen LogP contribution in [0.4, 0.5) is 0 Å². The Morgan fingerprint density at radius 3 is 2.46 bits per heavy atom. The highest BCUT2D eigenvalue weighted by atomic mass is 32.2. The Hall–Kier alpha value is -0.570. The molecule has 0 spiro atoms. The SMILES string of the molecule is C#CCC1CN(S(=O)(=O)N(C)C)C1. The van der Waals surface area contributed by atoms with Crippen LogP contribution in [0.3, 0.4) is 0 Å². The fourth-order valence-electron chi connectivity index (χ4n) is 1.24. The molecule has 4 nitrogen and oxygen atoms in total. The van der Waals surface area contributed by atoms with Gasteiger partial charge < -0.3 is 0 Å². The Balaban J connectivity index is 2.49. The quantitative estimate of drug-likeness (QED) is 0.592. The van der Waals surface area contributed by atoms with Crippen LogP contribution in [0.5, 0.6) is 0 Å². The maximum Gasteiger partial charge on any atom is 0.281 e. The first-order valence-electron chi connectivity index (χ1n) is 4.09. The predicted octanol–water partition coefficient (Wildman–Crippen LogP) is -0.252. The third-order valence-electron chi connectivity index (χ3n) is 2.12. The molecule has 0 aromatic rings. The molecule has 1 rings (SSSR count). The lowest BCUT2D eigenvalue weighted by molar-refractivity contribution is 0.195. The van der Waals surface area contributed by atoms with E-state index in [1.165, 1.54) is 22.7 Å². The molecule has 0 atom stereocenters. The Kier molecular flexibility index (Phi) is 2.96. The smallest absolute Gasteiger partial charge is 0.195 e. The molecule has 0 amide bonds. The molecule has 0 aliphatic carbocycles. The summed E-state index contributed by atoms with van der Waals surface area (Å²) in [4.78, 5) is 0. The molecule has 1 saturated heterocycles. The lowest BCUT2D eigenvalue weighted by Gasteiger charge is -2.38. The Morgan fingerprint density at radius 1 is 1.54 bits per heavy atom. The molecule has 0 N–H and O–H groups in total. The first-order chi connectivity index (χ1) is 5.98. The van der Waals surface area contributed by atoms with Crippen LogP contribution in [0.15, 0.2) is 0 Å². The van der Waals surface area contributed by atoms with E-state index >= 15 is 0 Å². The van der Waals surface area contributed by atoms with Gasteiger partial charge in [-0.3, -0.25) is 0 Å². The maximum absolute atomic E-state index is 11.5. The molecule has 1 heterocycles. The van der Waals surface area contributed by atoms with Gasteiger partial charge in [0.25, 0.3) is 10.2 Å². The normalized spacial score (nSPS) is 19.8. The van der Waals surface area contributed by atoms with E-state index in [1.807, 2.05) is 0 Å². The van der Waals surface area contributed by atoms with Gasteiger partial charge >= 0.3 is 0 Å². The standard InChI is InChI=1S/C8H14N2O2S/c1-4-5-8-6-10(7-8)13(11,12)9(2)3/h1,8H,5-7H2,2-3H3. The zero-order chi connectivity index (χ0) is 10.1. The van der Waals surface area contributed by atoms with Crippen LogP contribution in [0.1, 0.15) is 6.42 Å². The summed E-state index contributed by atoms with van der Waals surface area (Å²) in [5.41, 5.74) is 0. The molecule has 1 aliphatic heterocycles. The molecular weight excluding hydrogens is 188 g/mol. The lowest BCUT2D eigenvalue weighted by atomic mass is 10.0. The van der Waals surface area contributed by atoms with Crippen molar-refractivity contribution in [1.82, 2.24) is 8.61 Å². The van der Waals surface area contributed by atoms with Gasteiger partial charge in [-0.25, -0.2) is 0 Å². The van der Waals surface area contributed by atoms with Crippen molar-refractivity contribution in [2.75, 3.05) is 27.2 Å². The first-order valence-corrected chi connectivity index (χ1v) is 5.49. The van der Waals surface area contributed by atoms with E-state index in [0.717, 1.165) is 0 Å². The molecule has 0 aromatic carbocycles. The molecule has 5 heteroatoms. The minimum Gasteiger partial charge on any atom is -0.195 e. The van der Waals surface area contributed by atoms with Crippen molar-refractivity contribution in [1.29, 1.82) is 0 Å². The van der Waals surface area contributed by atoms with Crippen LogP contribution in [-0.2, 0) is 10.2 Å². The molecule has 1 fully saturated rings.